The largest absolute Gasteiger partial charge is 0.199 e. The molecule has 0 aromatic rings. The first kappa shape index (κ1) is 12.0. The Morgan fingerprint density at radius 1 is 1.00 bits per heavy atom. The highest BCUT2D eigenvalue weighted by molar-refractivity contribution is 5.45. The van der Waals surface area contributed by atoms with Crippen LogP contribution in [0.1, 0.15) is 41.5 Å². The van der Waals surface area contributed by atoms with E-state index in [0.717, 1.165) is 0 Å². The predicted molar refractivity (Wildman–Crippen MR) is 57.2 cm³/mol. The van der Waals surface area contributed by atoms with Crippen LogP contribution in [-0.4, -0.2) is 0 Å². The van der Waals surface area contributed by atoms with Crippen LogP contribution in [0.5, 0.6) is 0 Å². The van der Waals surface area contributed by atoms with Gasteiger partial charge < -0.3 is 0 Å². The summed E-state index contributed by atoms with van der Waals surface area (Å²) in [6.45, 7) is 12.6. The third kappa shape index (κ3) is 2.45. The van der Waals surface area contributed by atoms with Gasteiger partial charge in [-0.25, -0.2) is 0 Å². The van der Waals surface area contributed by atoms with E-state index in [1.807, 2.05) is 0 Å². The Bertz CT molecular complexity index is 263. The Morgan fingerprint density at radius 3 is 1.31 bits per heavy atom. The number of hydrogen-bond donors (Lipinski definition) is 0. The molecule has 0 aromatic carbocycles. The molecule has 1 nitrogen and oxygen atoms in total. The summed E-state index contributed by atoms with van der Waals surface area (Å²) in [7, 11) is 0. The van der Waals surface area contributed by atoms with Crippen LogP contribution in [0.3, 0.4) is 0 Å². The summed E-state index contributed by atoms with van der Waals surface area (Å²) in [5.74, 6) is 0.694. The van der Waals surface area contributed by atoms with Crippen molar-refractivity contribution in [3.8, 4) is 6.07 Å². The van der Waals surface area contributed by atoms with E-state index in [4.69, 9.17) is 5.26 Å². The van der Waals surface area contributed by atoms with E-state index in [9.17, 15) is 0 Å². The monoisotopic (exact) mass is 177 g/mol. The first-order chi connectivity index (χ1) is 5.97. The Hall–Kier alpha value is -1.03. The summed E-state index contributed by atoms with van der Waals surface area (Å²) < 4.78 is 0. The zero-order valence-corrected chi connectivity index (χ0v) is 9.52. The van der Waals surface area contributed by atoms with Gasteiger partial charge in [0.25, 0.3) is 0 Å². The van der Waals surface area contributed by atoms with Gasteiger partial charge in [0.1, 0.15) is 0 Å². The minimum absolute atomic E-state index is 0.694. The van der Waals surface area contributed by atoms with Crippen LogP contribution in [0.25, 0.3) is 0 Å². The Labute approximate surface area is 81.8 Å². The third-order valence-corrected chi connectivity index (χ3v) is 3.04. The van der Waals surface area contributed by atoms with E-state index in [-0.39, 0.29) is 0 Å². The molecule has 0 heterocycles. The molecule has 0 aliphatic heterocycles. The van der Waals surface area contributed by atoms with Crippen LogP contribution in [0.2, 0.25) is 0 Å². The molecule has 0 radical (unpaired) electrons. The highest BCUT2D eigenvalue weighted by atomic mass is 14.2. The fourth-order valence-electron chi connectivity index (χ4n) is 1.57. The number of hydrogen-bond acceptors (Lipinski definition) is 1. The highest BCUT2D eigenvalue weighted by Gasteiger charge is 2.19. The molecular formula is C12H19N. The number of allylic oxidation sites excluding steroid dienone is 4. The van der Waals surface area contributed by atoms with Crippen LogP contribution >= 0.6 is 0 Å². The second kappa shape index (κ2) is 4.87. The first-order valence-electron chi connectivity index (χ1n) is 4.63. The summed E-state index contributed by atoms with van der Waals surface area (Å²) in [5, 5.41) is 7.32. The Morgan fingerprint density at radius 2 is 1.23 bits per heavy atom. The van der Waals surface area contributed by atoms with E-state index >= 15 is 0 Å². The normalized spacial score (nSPS) is 17.0. The van der Waals surface area contributed by atoms with E-state index in [1.54, 1.807) is 17.2 Å². The average Bonchev–Trinajstić information content (AvgIpc) is 2.25. The molecule has 0 saturated heterocycles. The fraction of sp³-hybridized carbons (Fsp3) is 0.583. The van der Waals surface area contributed by atoms with Crippen LogP contribution in [0, 0.1) is 17.2 Å². The Kier molecular flexibility index (Phi) is 4.48. The number of rotatable bonds is 0. The smallest absolute Gasteiger partial charge is 0.0587 e. The maximum Gasteiger partial charge on any atom is 0.0587 e. The van der Waals surface area contributed by atoms with Crippen molar-refractivity contribution in [2.45, 2.75) is 41.5 Å². The van der Waals surface area contributed by atoms with Gasteiger partial charge in [-0.3, -0.25) is 0 Å². The maximum atomic E-state index is 7.32. The van der Waals surface area contributed by atoms with Crippen LogP contribution in [-0.2, 0) is 0 Å². The Balaban J connectivity index is 0.000000424. The lowest BCUT2D eigenvalue weighted by Crippen LogP contribution is -1.92. The molecule has 72 valence electrons. The molecule has 13 heavy (non-hydrogen) atoms. The van der Waals surface area contributed by atoms with Gasteiger partial charge in [0, 0.05) is 6.92 Å². The molecule has 1 rings (SSSR count). The van der Waals surface area contributed by atoms with Crippen LogP contribution in [0.15, 0.2) is 22.3 Å². The summed E-state index contributed by atoms with van der Waals surface area (Å²) in [5.41, 5.74) is 6.11. The predicted octanol–water partition coefficient (Wildman–Crippen LogP) is 3.84. The first-order valence-corrected chi connectivity index (χ1v) is 4.63. The molecule has 0 N–H and O–H groups in total. The summed E-state index contributed by atoms with van der Waals surface area (Å²) >= 11 is 0. The van der Waals surface area contributed by atoms with Crippen molar-refractivity contribution in [1.29, 1.82) is 5.26 Å². The molecule has 0 unspecified atom stereocenters. The molecule has 0 amide bonds. The van der Waals surface area contributed by atoms with Gasteiger partial charge in [-0.1, -0.05) is 18.1 Å². The van der Waals surface area contributed by atoms with Gasteiger partial charge in [-0.15, -0.1) is 0 Å². The molecule has 0 saturated carbocycles. The van der Waals surface area contributed by atoms with Crippen molar-refractivity contribution < 1.29 is 0 Å². The molecule has 1 heteroatoms. The lowest BCUT2D eigenvalue weighted by atomic mass is 10.00. The van der Waals surface area contributed by atoms with E-state index < -0.39 is 0 Å². The molecule has 0 spiro atoms. The minimum atomic E-state index is 0.694. The van der Waals surface area contributed by atoms with Crippen molar-refractivity contribution in [3.05, 3.63) is 22.3 Å². The van der Waals surface area contributed by atoms with Crippen molar-refractivity contribution in [3.63, 3.8) is 0 Å². The van der Waals surface area contributed by atoms with E-state index in [1.165, 1.54) is 18.1 Å². The zero-order chi connectivity index (χ0) is 10.6. The molecular weight excluding hydrogens is 158 g/mol. The lowest BCUT2D eigenvalue weighted by Gasteiger charge is -2.05. The molecule has 0 atom stereocenters. The zero-order valence-electron chi connectivity index (χ0n) is 9.52. The quantitative estimate of drug-likeness (QED) is 0.551. The van der Waals surface area contributed by atoms with Gasteiger partial charge in [0.05, 0.1) is 6.07 Å². The standard InChI is InChI=1S/C10H16.C2H3N/c1-6-7(2)9(4)10(5)8(6)3;1-2-3/h6H,1-5H3;1H3. The molecule has 0 aromatic heterocycles. The van der Waals surface area contributed by atoms with Crippen molar-refractivity contribution in [1.82, 2.24) is 0 Å². The molecule has 0 fully saturated rings. The SMILES string of the molecule is CC#N.CC1=C(C)C(C)C(C)=C1C. The fourth-order valence-corrected chi connectivity index (χ4v) is 1.57. The topological polar surface area (TPSA) is 23.8 Å². The van der Waals surface area contributed by atoms with Gasteiger partial charge in [-0.2, -0.15) is 5.26 Å². The van der Waals surface area contributed by atoms with Crippen LogP contribution < -0.4 is 0 Å². The number of nitrogens with zero attached hydrogens (tertiary/aromatic N) is 1. The summed E-state index contributed by atoms with van der Waals surface area (Å²) in [6.07, 6.45) is 0. The highest BCUT2D eigenvalue weighted by Crippen LogP contribution is 2.35. The molecule has 1 aliphatic rings. The van der Waals surface area contributed by atoms with Crippen molar-refractivity contribution in [2.24, 2.45) is 5.92 Å². The van der Waals surface area contributed by atoms with E-state index in [2.05, 4.69) is 34.6 Å². The van der Waals surface area contributed by atoms with Gasteiger partial charge in [0.2, 0.25) is 0 Å². The third-order valence-electron chi connectivity index (χ3n) is 3.04. The van der Waals surface area contributed by atoms with Crippen molar-refractivity contribution >= 4 is 0 Å². The van der Waals surface area contributed by atoms with E-state index in [0.29, 0.717) is 5.92 Å². The summed E-state index contributed by atoms with van der Waals surface area (Å²) in [4.78, 5) is 0. The van der Waals surface area contributed by atoms with Gasteiger partial charge in [-0.05, 0) is 44.8 Å². The number of nitriles is 1. The average molecular weight is 177 g/mol. The minimum Gasteiger partial charge on any atom is -0.199 e. The second-order valence-electron chi connectivity index (χ2n) is 3.56. The maximum absolute atomic E-state index is 7.32. The van der Waals surface area contributed by atoms with Crippen molar-refractivity contribution in [2.75, 3.05) is 0 Å². The van der Waals surface area contributed by atoms with Gasteiger partial charge >= 0.3 is 0 Å². The lowest BCUT2D eigenvalue weighted by molar-refractivity contribution is 0.815. The van der Waals surface area contributed by atoms with Gasteiger partial charge in [0.15, 0.2) is 0 Å². The molecule has 1 aliphatic carbocycles. The van der Waals surface area contributed by atoms with Crippen LogP contribution in [0.4, 0.5) is 0 Å². The second-order valence-corrected chi connectivity index (χ2v) is 3.56. The molecule has 0 bridgehead atoms. The summed E-state index contributed by atoms with van der Waals surface area (Å²) in [6, 6.07) is 1.75.